The van der Waals surface area contributed by atoms with E-state index in [4.69, 9.17) is 5.11 Å². The minimum Gasteiger partial charge on any atom is -0.392 e. The second-order valence-corrected chi connectivity index (χ2v) is 5.64. The first-order valence-corrected chi connectivity index (χ1v) is 6.91. The van der Waals surface area contributed by atoms with Gasteiger partial charge >= 0.3 is 0 Å². The van der Waals surface area contributed by atoms with Gasteiger partial charge in [0, 0.05) is 6.54 Å². The van der Waals surface area contributed by atoms with E-state index in [2.05, 4.69) is 26.1 Å². The molecule has 98 valence electrons. The molecule has 0 aromatic carbocycles. The Hall–Kier alpha value is -0.0800. The molecule has 0 saturated heterocycles. The monoisotopic (exact) mass is 229 g/mol. The molecule has 0 bridgehead atoms. The number of unbranched alkanes of at least 4 members (excludes halogenated alkanes) is 2. The van der Waals surface area contributed by atoms with Crippen LogP contribution in [-0.4, -0.2) is 24.3 Å². The van der Waals surface area contributed by atoms with Crippen LogP contribution in [0.2, 0.25) is 0 Å². The highest BCUT2D eigenvalue weighted by Gasteiger charge is 2.02. The van der Waals surface area contributed by atoms with Crippen molar-refractivity contribution in [3.63, 3.8) is 0 Å². The molecule has 0 amide bonds. The normalized spacial score (nSPS) is 15.4. The first-order chi connectivity index (χ1) is 7.52. The SMILES string of the molecule is CC(C)CCCCCC(C)CNCC(C)O. The van der Waals surface area contributed by atoms with Gasteiger partial charge in [0.2, 0.25) is 0 Å². The third-order valence-electron chi connectivity index (χ3n) is 2.91. The first-order valence-electron chi connectivity index (χ1n) is 6.91. The molecule has 16 heavy (non-hydrogen) atoms. The average molecular weight is 229 g/mol. The molecule has 0 aliphatic heterocycles. The number of aliphatic hydroxyl groups excluding tert-OH is 1. The van der Waals surface area contributed by atoms with E-state index in [1.54, 1.807) is 0 Å². The van der Waals surface area contributed by atoms with Gasteiger partial charge in [-0.2, -0.15) is 0 Å². The van der Waals surface area contributed by atoms with Gasteiger partial charge in [0.05, 0.1) is 6.10 Å². The molecule has 2 unspecified atom stereocenters. The molecule has 0 fully saturated rings. The van der Waals surface area contributed by atoms with Gasteiger partial charge in [-0.05, 0) is 31.7 Å². The highest BCUT2D eigenvalue weighted by atomic mass is 16.3. The summed E-state index contributed by atoms with van der Waals surface area (Å²) in [6.45, 7) is 10.5. The van der Waals surface area contributed by atoms with E-state index in [-0.39, 0.29) is 6.10 Å². The van der Waals surface area contributed by atoms with Crippen LogP contribution in [0.1, 0.15) is 59.8 Å². The lowest BCUT2D eigenvalue weighted by Crippen LogP contribution is -2.28. The van der Waals surface area contributed by atoms with Gasteiger partial charge in [-0.15, -0.1) is 0 Å². The lowest BCUT2D eigenvalue weighted by atomic mass is 10.00. The van der Waals surface area contributed by atoms with Gasteiger partial charge in [-0.1, -0.05) is 46.5 Å². The van der Waals surface area contributed by atoms with Gasteiger partial charge in [-0.25, -0.2) is 0 Å². The van der Waals surface area contributed by atoms with Crippen LogP contribution in [0.15, 0.2) is 0 Å². The van der Waals surface area contributed by atoms with Crippen LogP contribution >= 0.6 is 0 Å². The van der Waals surface area contributed by atoms with Crippen LogP contribution in [-0.2, 0) is 0 Å². The Morgan fingerprint density at radius 3 is 2.06 bits per heavy atom. The van der Waals surface area contributed by atoms with Gasteiger partial charge in [-0.3, -0.25) is 0 Å². The largest absolute Gasteiger partial charge is 0.392 e. The fourth-order valence-corrected chi connectivity index (χ4v) is 1.86. The molecule has 0 saturated carbocycles. The summed E-state index contributed by atoms with van der Waals surface area (Å²) in [5.41, 5.74) is 0. The summed E-state index contributed by atoms with van der Waals surface area (Å²) in [5.74, 6) is 1.59. The molecule has 2 heteroatoms. The zero-order valence-corrected chi connectivity index (χ0v) is 11.6. The number of aliphatic hydroxyl groups is 1. The minimum absolute atomic E-state index is 0.224. The molecule has 0 heterocycles. The van der Waals surface area contributed by atoms with E-state index in [1.807, 2.05) is 6.92 Å². The minimum atomic E-state index is -0.224. The predicted octanol–water partition coefficient (Wildman–Crippen LogP) is 3.20. The lowest BCUT2D eigenvalue weighted by molar-refractivity contribution is 0.189. The first kappa shape index (κ1) is 15.9. The fourth-order valence-electron chi connectivity index (χ4n) is 1.86. The summed E-state index contributed by atoms with van der Waals surface area (Å²) in [6, 6.07) is 0. The Balaban J connectivity index is 3.20. The molecular weight excluding hydrogens is 198 g/mol. The van der Waals surface area contributed by atoms with E-state index >= 15 is 0 Å². The molecule has 2 nitrogen and oxygen atoms in total. The Labute approximate surface area is 102 Å². The Morgan fingerprint density at radius 1 is 0.875 bits per heavy atom. The molecule has 0 aliphatic carbocycles. The summed E-state index contributed by atoms with van der Waals surface area (Å²) in [7, 11) is 0. The van der Waals surface area contributed by atoms with E-state index in [1.165, 1.54) is 32.1 Å². The van der Waals surface area contributed by atoms with E-state index in [9.17, 15) is 0 Å². The molecule has 0 radical (unpaired) electrons. The smallest absolute Gasteiger partial charge is 0.0636 e. The average Bonchev–Trinajstić information content (AvgIpc) is 2.16. The van der Waals surface area contributed by atoms with Crippen molar-refractivity contribution >= 4 is 0 Å². The second-order valence-electron chi connectivity index (χ2n) is 5.64. The van der Waals surface area contributed by atoms with Crippen molar-refractivity contribution in [2.24, 2.45) is 11.8 Å². The predicted molar refractivity (Wildman–Crippen MR) is 71.6 cm³/mol. The number of hydrogen-bond acceptors (Lipinski definition) is 2. The molecule has 0 spiro atoms. The van der Waals surface area contributed by atoms with Crippen LogP contribution < -0.4 is 5.32 Å². The zero-order chi connectivity index (χ0) is 12.4. The maximum atomic E-state index is 9.10. The van der Waals surface area contributed by atoms with Crippen molar-refractivity contribution in [3.05, 3.63) is 0 Å². The molecule has 2 atom stereocenters. The number of hydrogen-bond donors (Lipinski definition) is 2. The van der Waals surface area contributed by atoms with Crippen LogP contribution in [0.25, 0.3) is 0 Å². The molecule has 2 N–H and O–H groups in total. The summed E-state index contributed by atoms with van der Waals surface area (Å²) >= 11 is 0. The zero-order valence-electron chi connectivity index (χ0n) is 11.6. The quantitative estimate of drug-likeness (QED) is 0.564. The standard InChI is InChI=1S/C14H31NO/c1-12(2)8-6-5-7-9-13(3)10-15-11-14(4)16/h12-16H,5-11H2,1-4H3. The molecule has 0 aromatic rings. The van der Waals surface area contributed by atoms with Gasteiger partial charge < -0.3 is 10.4 Å². The Bertz CT molecular complexity index is 146. The maximum Gasteiger partial charge on any atom is 0.0636 e. The summed E-state index contributed by atoms with van der Waals surface area (Å²) in [6.07, 6.45) is 6.56. The Kier molecular flexibility index (Phi) is 10.0. The van der Waals surface area contributed by atoms with Gasteiger partial charge in [0.1, 0.15) is 0 Å². The third-order valence-corrected chi connectivity index (χ3v) is 2.91. The topological polar surface area (TPSA) is 32.3 Å². The molecule has 0 aliphatic rings. The summed E-state index contributed by atoms with van der Waals surface area (Å²) < 4.78 is 0. The highest BCUT2D eigenvalue weighted by molar-refractivity contribution is 4.60. The van der Waals surface area contributed by atoms with Crippen molar-refractivity contribution in [2.75, 3.05) is 13.1 Å². The summed E-state index contributed by atoms with van der Waals surface area (Å²) in [5, 5.41) is 12.4. The van der Waals surface area contributed by atoms with Crippen molar-refractivity contribution in [1.82, 2.24) is 5.32 Å². The van der Waals surface area contributed by atoms with Crippen molar-refractivity contribution in [2.45, 2.75) is 65.9 Å². The third kappa shape index (κ3) is 12.0. The van der Waals surface area contributed by atoms with Crippen LogP contribution in [0.4, 0.5) is 0 Å². The van der Waals surface area contributed by atoms with Crippen molar-refractivity contribution in [3.8, 4) is 0 Å². The molecule has 0 rings (SSSR count). The molecular formula is C14H31NO. The van der Waals surface area contributed by atoms with Crippen LogP contribution in [0.5, 0.6) is 0 Å². The second kappa shape index (κ2) is 10.1. The van der Waals surface area contributed by atoms with E-state index in [0.717, 1.165) is 24.9 Å². The van der Waals surface area contributed by atoms with Crippen LogP contribution in [0, 0.1) is 11.8 Å². The Morgan fingerprint density at radius 2 is 1.50 bits per heavy atom. The maximum absolute atomic E-state index is 9.10. The molecule has 0 aromatic heterocycles. The van der Waals surface area contributed by atoms with Gasteiger partial charge in [0.25, 0.3) is 0 Å². The fraction of sp³-hybridized carbons (Fsp3) is 1.00. The number of rotatable bonds is 10. The highest BCUT2D eigenvalue weighted by Crippen LogP contribution is 2.12. The number of nitrogens with one attached hydrogen (secondary N) is 1. The summed E-state index contributed by atoms with van der Waals surface area (Å²) in [4.78, 5) is 0. The van der Waals surface area contributed by atoms with E-state index in [0.29, 0.717) is 0 Å². The van der Waals surface area contributed by atoms with E-state index < -0.39 is 0 Å². The van der Waals surface area contributed by atoms with Crippen molar-refractivity contribution < 1.29 is 5.11 Å². The van der Waals surface area contributed by atoms with Gasteiger partial charge in [0.15, 0.2) is 0 Å². The lowest BCUT2D eigenvalue weighted by Gasteiger charge is -2.13. The van der Waals surface area contributed by atoms with Crippen molar-refractivity contribution in [1.29, 1.82) is 0 Å². The van der Waals surface area contributed by atoms with Crippen LogP contribution in [0.3, 0.4) is 0 Å².